The van der Waals surface area contributed by atoms with Gasteiger partial charge in [0.25, 0.3) is 5.91 Å². The van der Waals surface area contributed by atoms with E-state index in [1.54, 1.807) is 22.5 Å². The van der Waals surface area contributed by atoms with Gasteiger partial charge in [0, 0.05) is 11.3 Å². The number of β-lactam (4-membered cyclic amide) rings is 1. The highest BCUT2D eigenvalue weighted by molar-refractivity contribution is 8.00. The first-order valence-corrected chi connectivity index (χ1v) is 15.1. The number of hydrogen-bond donors (Lipinski definition) is 1. The maximum Gasteiger partial charge on any atom is 0.253 e. The van der Waals surface area contributed by atoms with E-state index in [9.17, 15) is 14.0 Å². The standard InChI is InChI=1S/C30H23FN4O3S3/c31-21-13-7-8-18(14-21)15-23(36)33-24-28(37)35-25(22(16-40-29(24)35)27-34-32-17-41-27)30(39)38-26(19-9-3-1-4-10-19)20-11-5-2-6-12-20/h1-14,17,24,26,29H,15-16H2,(H,33,36)/t24-,29-/m1/s1. The van der Waals surface area contributed by atoms with E-state index >= 15 is 0 Å². The largest absolute Gasteiger partial charge is 0.469 e. The van der Waals surface area contributed by atoms with Crippen LogP contribution in [0.25, 0.3) is 5.57 Å². The van der Waals surface area contributed by atoms with Crippen LogP contribution in [0.1, 0.15) is 27.8 Å². The molecule has 3 aromatic carbocycles. The van der Waals surface area contributed by atoms with Crippen LogP contribution in [0.15, 0.2) is 96.1 Å². The molecule has 0 saturated carbocycles. The minimum Gasteiger partial charge on any atom is -0.469 e. The monoisotopic (exact) mass is 602 g/mol. The van der Waals surface area contributed by atoms with Gasteiger partial charge in [0.2, 0.25) is 11.0 Å². The van der Waals surface area contributed by atoms with E-state index in [-0.39, 0.29) is 28.7 Å². The topological polar surface area (TPSA) is 84.4 Å². The fourth-order valence-electron chi connectivity index (χ4n) is 4.88. The Balaban J connectivity index is 1.27. The van der Waals surface area contributed by atoms with Gasteiger partial charge < -0.3 is 10.1 Å². The van der Waals surface area contributed by atoms with Crippen molar-refractivity contribution < 1.29 is 18.7 Å². The molecule has 206 valence electrons. The summed E-state index contributed by atoms with van der Waals surface area (Å²) >= 11 is 8.76. The van der Waals surface area contributed by atoms with Gasteiger partial charge in [-0.25, -0.2) is 4.39 Å². The zero-order valence-electron chi connectivity index (χ0n) is 21.5. The van der Waals surface area contributed by atoms with Crippen molar-refractivity contribution in [3.63, 3.8) is 0 Å². The molecule has 2 amide bonds. The smallest absolute Gasteiger partial charge is 0.253 e. The average molecular weight is 603 g/mol. The lowest BCUT2D eigenvalue weighted by molar-refractivity contribution is -0.145. The second-order valence-corrected chi connectivity index (χ2v) is 11.7. The highest BCUT2D eigenvalue weighted by atomic mass is 32.2. The van der Waals surface area contributed by atoms with Gasteiger partial charge in [-0.3, -0.25) is 14.5 Å². The third-order valence-electron chi connectivity index (χ3n) is 6.78. The number of nitrogens with zero attached hydrogens (tertiary/aromatic N) is 3. The van der Waals surface area contributed by atoms with Crippen molar-refractivity contribution >= 4 is 57.8 Å². The Bertz CT molecular complexity index is 1580. The molecule has 1 fully saturated rings. The number of amides is 2. The lowest BCUT2D eigenvalue weighted by Gasteiger charge is -2.50. The number of fused-ring (bicyclic) bond motifs is 1. The molecule has 7 nitrogen and oxygen atoms in total. The van der Waals surface area contributed by atoms with Crippen LogP contribution in [0.4, 0.5) is 4.39 Å². The van der Waals surface area contributed by atoms with Gasteiger partial charge in [0.15, 0.2) is 0 Å². The van der Waals surface area contributed by atoms with Gasteiger partial charge in [-0.05, 0) is 41.0 Å². The molecule has 0 unspecified atom stereocenters. The predicted octanol–water partition coefficient (Wildman–Crippen LogP) is 5.16. The minimum absolute atomic E-state index is 0.0327. The molecule has 11 heteroatoms. The van der Waals surface area contributed by atoms with Crippen LogP contribution < -0.4 is 5.32 Å². The Morgan fingerprint density at radius 2 is 1.78 bits per heavy atom. The van der Waals surface area contributed by atoms with Gasteiger partial charge in [-0.1, -0.05) is 72.8 Å². The number of carbonyl (C=O) groups excluding carboxylic acids is 2. The maximum atomic E-state index is 13.6. The summed E-state index contributed by atoms with van der Waals surface area (Å²) in [6.45, 7) is 0. The highest BCUT2D eigenvalue weighted by Gasteiger charge is 2.54. The Kier molecular flexibility index (Phi) is 7.91. The molecular weight excluding hydrogens is 580 g/mol. The molecule has 1 saturated heterocycles. The predicted molar refractivity (Wildman–Crippen MR) is 160 cm³/mol. The van der Waals surface area contributed by atoms with Crippen molar-refractivity contribution in [3.05, 3.63) is 124 Å². The number of thioether (sulfide) groups is 1. The summed E-state index contributed by atoms with van der Waals surface area (Å²) < 4.78 is 20.1. The van der Waals surface area contributed by atoms with E-state index < -0.39 is 18.0 Å². The van der Waals surface area contributed by atoms with Crippen LogP contribution in [0, 0.1) is 5.82 Å². The molecule has 6 rings (SSSR count). The normalized spacial score (nSPS) is 18.1. The summed E-state index contributed by atoms with van der Waals surface area (Å²) in [5, 5.41) is 11.5. The molecule has 0 bridgehead atoms. The molecule has 2 atom stereocenters. The fraction of sp³-hybridized carbons (Fsp3) is 0.167. The summed E-state index contributed by atoms with van der Waals surface area (Å²) in [6, 6.07) is 24.6. The molecule has 41 heavy (non-hydrogen) atoms. The zero-order chi connectivity index (χ0) is 28.3. The average Bonchev–Trinajstić information content (AvgIpc) is 3.54. The Morgan fingerprint density at radius 3 is 2.41 bits per heavy atom. The summed E-state index contributed by atoms with van der Waals surface area (Å²) in [4.78, 5) is 27.9. The Morgan fingerprint density at radius 1 is 1.07 bits per heavy atom. The number of aromatic nitrogens is 2. The van der Waals surface area contributed by atoms with Crippen molar-refractivity contribution in [3.8, 4) is 0 Å². The molecule has 0 spiro atoms. The van der Waals surface area contributed by atoms with E-state index in [1.807, 2.05) is 60.7 Å². The van der Waals surface area contributed by atoms with Gasteiger partial charge >= 0.3 is 0 Å². The van der Waals surface area contributed by atoms with Crippen molar-refractivity contribution in [1.82, 2.24) is 20.4 Å². The van der Waals surface area contributed by atoms with Gasteiger partial charge in [-0.15, -0.1) is 33.3 Å². The van der Waals surface area contributed by atoms with Crippen LogP contribution in [0.3, 0.4) is 0 Å². The van der Waals surface area contributed by atoms with Gasteiger partial charge in [-0.2, -0.15) is 0 Å². The fourth-order valence-corrected chi connectivity index (χ4v) is 7.24. The lowest BCUT2D eigenvalue weighted by atomic mass is 10.0. The minimum atomic E-state index is -0.742. The Labute approximate surface area is 249 Å². The molecule has 4 aromatic rings. The molecule has 2 aliphatic rings. The summed E-state index contributed by atoms with van der Waals surface area (Å²) in [5.41, 5.74) is 5.22. The van der Waals surface area contributed by atoms with E-state index in [1.165, 1.54) is 35.2 Å². The van der Waals surface area contributed by atoms with E-state index in [2.05, 4.69) is 15.5 Å². The molecule has 0 radical (unpaired) electrons. The number of benzene rings is 3. The molecular formula is C30H23FN4O3S3. The molecule has 0 aliphatic carbocycles. The quantitative estimate of drug-likeness (QED) is 0.220. The van der Waals surface area contributed by atoms with E-state index in [0.717, 1.165) is 16.7 Å². The van der Waals surface area contributed by atoms with E-state index in [4.69, 9.17) is 17.0 Å². The summed E-state index contributed by atoms with van der Waals surface area (Å²) in [7, 11) is 0. The first-order chi connectivity index (χ1) is 20.0. The zero-order valence-corrected chi connectivity index (χ0v) is 23.9. The third kappa shape index (κ3) is 5.65. The lowest BCUT2D eigenvalue weighted by Crippen LogP contribution is -2.70. The van der Waals surface area contributed by atoms with Crippen LogP contribution in [0.2, 0.25) is 0 Å². The van der Waals surface area contributed by atoms with Crippen LogP contribution in [0.5, 0.6) is 0 Å². The van der Waals surface area contributed by atoms with Crippen molar-refractivity contribution in [2.24, 2.45) is 0 Å². The summed E-state index contributed by atoms with van der Waals surface area (Å²) in [5.74, 6) is -0.573. The van der Waals surface area contributed by atoms with E-state index in [0.29, 0.717) is 22.0 Å². The second kappa shape index (κ2) is 11.9. The maximum absolute atomic E-state index is 13.6. The van der Waals surface area contributed by atoms with Crippen LogP contribution >= 0.6 is 35.3 Å². The first kappa shape index (κ1) is 27.3. The number of thiocarbonyl (C=S) groups is 1. The van der Waals surface area contributed by atoms with Crippen LogP contribution in [-0.2, 0) is 20.7 Å². The number of ether oxygens (including phenoxy) is 1. The number of carbonyl (C=O) groups is 2. The highest BCUT2D eigenvalue weighted by Crippen LogP contribution is 2.45. The molecule has 1 aromatic heterocycles. The molecule has 1 N–H and O–H groups in total. The van der Waals surface area contributed by atoms with Crippen molar-refractivity contribution in [1.29, 1.82) is 0 Å². The number of nitrogens with one attached hydrogen (secondary N) is 1. The van der Waals surface area contributed by atoms with Crippen LogP contribution in [-0.4, -0.2) is 49.1 Å². The third-order valence-corrected chi connectivity index (χ3v) is 9.10. The SMILES string of the molecule is O=C(Cc1cccc(F)c1)N[C@@H]1C(=O)N2C(C(=S)OC(c3ccccc3)c3ccccc3)=C(c3nncs3)CS[C@H]12. The number of halogens is 1. The first-order valence-electron chi connectivity index (χ1n) is 12.8. The van der Waals surface area contributed by atoms with Gasteiger partial charge in [0.05, 0.1) is 6.42 Å². The van der Waals surface area contributed by atoms with Crippen molar-refractivity contribution in [2.75, 3.05) is 5.75 Å². The number of rotatable bonds is 8. The van der Waals surface area contributed by atoms with Gasteiger partial charge in [0.1, 0.15) is 39.6 Å². The van der Waals surface area contributed by atoms with Crippen molar-refractivity contribution in [2.45, 2.75) is 23.9 Å². The second-order valence-electron chi connectivity index (χ2n) is 9.44. The molecule has 2 aliphatic heterocycles. The number of hydrogen-bond acceptors (Lipinski definition) is 8. The molecule has 3 heterocycles. The Hall–Kier alpha value is -3.93. The summed E-state index contributed by atoms with van der Waals surface area (Å²) in [6.07, 6.45) is -0.533.